The highest BCUT2D eigenvalue weighted by atomic mass is 16.5. The Labute approximate surface area is 106 Å². The summed E-state index contributed by atoms with van der Waals surface area (Å²) in [6, 6.07) is 0. The average molecular weight is 260 g/mol. The number of aliphatic hydroxyl groups excluding tert-OH is 3. The van der Waals surface area contributed by atoms with Gasteiger partial charge < -0.3 is 25.8 Å². The van der Waals surface area contributed by atoms with E-state index in [2.05, 4.69) is 4.98 Å². The quantitative estimate of drug-likeness (QED) is 0.492. The van der Waals surface area contributed by atoms with Gasteiger partial charge in [-0.3, -0.25) is 4.57 Å². The highest BCUT2D eigenvalue weighted by Crippen LogP contribution is 2.27. The van der Waals surface area contributed by atoms with Gasteiger partial charge in [0, 0.05) is 20.9 Å². The van der Waals surface area contributed by atoms with Crippen molar-refractivity contribution in [2.75, 3.05) is 12.3 Å². The number of ether oxygens (including phenoxy) is 1. The molecule has 18 heavy (non-hydrogen) atoms. The van der Waals surface area contributed by atoms with Crippen LogP contribution in [0.4, 0.5) is 5.82 Å². The Kier molecular flexibility index (Phi) is 2.64. The van der Waals surface area contributed by atoms with Crippen LogP contribution in [-0.2, 0) is 11.3 Å². The molecule has 0 spiro atoms. The maximum atomic E-state index is 11.9. The van der Waals surface area contributed by atoms with Crippen molar-refractivity contribution in [1.29, 1.82) is 0 Å². The van der Waals surface area contributed by atoms with Gasteiger partial charge in [0.25, 0.3) is 0 Å². The summed E-state index contributed by atoms with van der Waals surface area (Å²) in [4.78, 5) is 15.3. The number of aliphatic hydroxyl groups is 3. The number of rotatable bonds is 3. The molecule has 8 nitrogen and oxygen atoms in total. The number of nitrogen functional groups attached to an aromatic ring is 1. The maximum Gasteiger partial charge on any atom is 0.351 e. The molecule has 1 aliphatic rings. The molecule has 2 heterocycles. The van der Waals surface area contributed by atoms with E-state index in [1.165, 1.54) is 0 Å². The Bertz CT molecular complexity index is 610. The third-order valence-corrected chi connectivity index (χ3v) is 2.49. The second kappa shape index (κ2) is 5.02. The fourth-order valence-corrected chi connectivity index (χ4v) is 1.50. The van der Waals surface area contributed by atoms with Crippen molar-refractivity contribution in [2.24, 2.45) is 0 Å². The van der Waals surface area contributed by atoms with Crippen molar-refractivity contribution < 1.29 is 24.2 Å². The van der Waals surface area contributed by atoms with Gasteiger partial charge in [-0.25, -0.2) is 4.79 Å². The van der Waals surface area contributed by atoms with Crippen LogP contribution in [0, 0.1) is 0 Å². The summed E-state index contributed by atoms with van der Waals surface area (Å²) in [5, 5.41) is 28.0. The first-order valence-electron chi connectivity index (χ1n) is 6.65. The van der Waals surface area contributed by atoms with Gasteiger partial charge in [0.15, 0.2) is 0 Å². The lowest BCUT2D eigenvalue weighted by atomic mass is 10.2. The van der Waals surface area contributed by atoms with Crippen LogP contribution in [0.2, 0.25) is 0 Å². The minimum absolute atomic E-state index is 0.00237. The van der Waals surface area contributed by atoms with Crippen LogP contribution < -0.4 is 11.4 Å². The molecule has 2 rings (SSSR count). The summed E-state index contributed by atoms with van der Waals surface area (Å²) in [6.45, 7) is -1.31. The fourth-order valence-electron chi connectivity index (χ4n) is 1.50. The van der Waals surface area contributed by atoms with Crippen LogP contribution in [0.3, 0.4) is 0 Å². The molecule has 1 fully saturated rings. The SMILES string of the molecule is [2H]C1([2H])[C@H](O)[C@@H](CO)O[C@@]1([2H])n1cc(CO)c(N)nc1=O. The van der Waals surface area contributed by atoms with E-state index in [4.69, 9.17) is 24.8 Å². The molecule has 1 saturated heterocycles. The van der Waals surface area contributed by atoms with Crippen LogP contribution in [0.1, 0.15) is 22.3 Å². The molecule has 0 saturated carbocycles. The van der Waals surface area contributed by atoms with Crippen molar-refractivity contribution in [3.05, 3.63) is 22.2 Å². The summed E-state index contributed by atoms with van der Waals surface area (Å²) in [6.07, 6.45) is -7.60. The van der Waals surface area contributed by atoms with Gasteiger partial charge in [0.1, 0.15) is 18.1 Å². The maximum absolute atomic E-state index is 11.9. The Balaban J connectivity index is 2.62. The smallest absolute Gasteiger partial charge is 0.351 e. The molecule has 0 bridgehead atoms. The van der Waals surface area contributed by atoms with E-state index >= 15 is 0 Å². The number of nitrogens with two attached hydrogens (primary N) is 1. The summed E-state index contributed by atoms with van der Waals surface area (Å²) in [5.74, 6) is -0.250. The second-order valence-corrected chi connectivity index (χ2v) is 3.70. The van der Waals surface area contributed by atoms with Crippen molar-refractivity contribution in [2.45, 2.75) is 31.4 Å². The predicted molar refractivity (Wildman–Crippen MR) is 60.5 cm³/mol. The Morgan fingerprint density at radius 3 is 3.00 bits per heavy atom. The van der Waals surface area contributed by atoms with Crippen LogP contribution >= 0.6 is 0 Å². The van der Waals surface area contributed by atoms with Crippen LogP contribution in [0.5, 0.6) is 0 Å². The topological polar surface area (TPSA) is 131 Å². The first-order valence-corrected chi connectivity index (χ1v) is 5.15. The predicted octanol–water partition coefficient (Wildman–Crippen LogP) is -2.04. The van der Waals surface area contributed by atoms with Gasteiger partial charge in [0.2, 0.25) is 0 Å². The van der Waals surface area contributed by atoms with Crippen LogP contribution in [0.25, 0.3) is 0 Å². The molecule has 0 radical (unpaired) electrons. The molecule has 0 aliphatic carbocycles. The minimum atomic E-state index is -2.70. The molecule has 1 aromatic heterocycles. The van der Waals surface area contributed by atoms with Gasteiger partial charge in [0.05, 0.1) is 20.7 Å². The Morgan fingerprint density at radius 2 is 2.44 bits per heavy atom. The molecular formula is C10H15N3O5. The van der Waals surface area contributed by atoms with Gasteiger partial charge in [-0.15, -0.1) is 0 Å². The fraction of sp³-hybridized carbons (Fsp3) is 0.600. The zero-order valence-electron chi connectivity index (χ0n) is 12.3. The third kappa shape index (κ3) is 2.23. The molecule has 0 unspecified atom stereocenters. The van der Waals surface area contributed by atoms with E-state index in [1.807, 2.05) is 0 Å². The molecular weight excluding hydrogens is 242 g/mol. The standard InChI is InChI=1S/C10H15N3O5/c11-9-5(3-14)2-13(10(17)12-9)8-1-6(16)7(4-15)18-8/h2,6-8,14-16H,1,3-4H2,(H2,11,12,17)/t6-,7+,8+/m0/s1/i1D2,8D. The molecule has 8 heteroatoms. The molecule has 1 aromatic rings. The van der Waals surface area contributed by atoms with E-state index in [1.54, 1.807) is 0 Å². The Hall–Kier alpha value is -1.48. The van der Waals surface area contributed by atoms with Gasteiger partial charge in [-0.1, -0.05) is 0 Å². The van der Waals surface area contributed by atoms with Crippen molar-refractivity contribution in [3.8, 4) is 0 Å². The normalized spacial score (nSPS) is 36.9. The lowest BCUT2D eigenvalue weighted by Gasteiger charge is -2.15. The number of hydrogen-bond acceptors (Lipinski definition) is 7. The van der Waals surface area contributed by atoms with Gasteiger partial charge in [-0.05, 0) is 0 Å². The lowest BCUT2D eigenvalue weighted by Crippen LogP contribution is -2.29. The largest absolute Gasteiger partial charge is 0.394 e. The van der Waals surface area contributed by atoms with E-state index in [0.717, 1.165) is 6.20 Å². The summed E-state index contributed by atoms with van der Waals surface area (Å²) >= 11 is 0. The highest BCUT2D eigenvalue weighted by Gasteiger charge is 2.35. The van der Waals surface area contributed by atoms with E-state index in [9.17, 15) is 9.90 Å². The lowest BCUT2D eigenvalue weighted by molar-refractivity contribution is -0.0459. The van der Waals surface area contributed by atoms with Crippen molar-refractivity contribution in [3.63, 3.8) is 0 Å². The first kappa shape index (κ1) is 9.45. The van der Waals surface area contributed by atoms with Gasteiger partial charge >= 0.3 is 5.69 Å². The summed E-state index contributed by atoms with van der Waals surface area (Å²) in [5.41, 5.74) is 4.35. The molecule has 5 N–H and O–H groups in total. The molecule has 1 aliphatic heterocycles. The molecule has 0 amide bonds. The van der Waals surface area contributed by atoms with E-state index in [-0.39, 0.29) is 11.4 Å². The first-order chi connectivity index (χ1) is 9.68. The highest BCUT2D eigenvalue weighted by molar-refractivity contribution is 5.36. The molecule has 100 valence electrons. The zero-order chi connectivity index (χ0) is 16.0. The average Bonchev–Trinajstić information content (AvgIpc) is 2.60. The Morgan fingerprint density at radius 1 is 1.72 bits per heavy atom. The van der Waals surface area contributed by atoms with Crippen LogP contribution in [0.15, 0.2) is 11.0 Å². The summed E-state index contributed by atoms with van der Waals surface area (Å²) < 4.78 is 29.2. The van der Waals surface area contributed by atoms with E-state index < -0.39 is 43.7 Å². The minimum Gasteiger partial charge on any atom is -0.394 e. The summed E-state index contributed by atoms with van der Waals surface area (Å²) in [7, 11) is 0. The number of hydrogen-bond donors (Lipinski definition) is 4. The van der Waals surface area contributed by atoms with Crippen molar-refractivity contribution in [1.82, 2.24) is 9.55 Å². The zero-order valence-corrected chi connectivity index (χ0v) is 9.28. The second-order valence-electron chi connectivity index (χ2n) is 3.70. The monoisotopic (exact) mass is 260 g/mol. The number of nitrogens with zero attached hydrogens (tertiary/aromatic N) is 2. The molecule has 0 aromatic carbocycles. The molecule has 3 atom stereocenters. The van der Waals surface area contributed by atoms with E-state index in [0.29, 0.717) is 4.57 Å². The van der Waals surface area contributed by atoms with Crippen LogP contribution in [-0.4, -0.2) is 43.7 Å². The van der Waals surface area contributed by atoms with Crippen molar-refractivity contribution >= 4 is 5.82 Å². The van der Waals surface area contributed by atoms with Gasteiger partial charge in [-0.2, -0.15) is 4.98 Å². The number of aromatic nitrogens is 2. The third-order valence-electron chi connectivity index (χ3n) is 2.49. The number of anilines is 1.